The minimum atomic E-state index is -3.70. The summed E-state index contributed by atoms with van der Waals surface area (Å²) >= 11 is 1.36. The van der Waals surface area contributed by atoms with E-state index in [1.807, 2.05) is 11.4 Å². The maximum absolute atomic E-state index is 12.7. The number of hydrogen-bond acceptors (Lipinski definition) is 7. The van der Waals surface area contributed by atoms with Crippen LogP contribution in [0.5, 0.6) is 11.5 Å². The molecule has 0 spiro atoms. The van der Waals surface area contributed by atoms with Gasteiger partial charge in [-0.15, -0.1) is 11.3 Å². The number of thiophene rings is 1. The van der Waals surface area contributed by atoms with Crippen LogP contribution in [0.25, 0.3) is 0 Å². The SMILES string of the molecule is COCCN(Cc1ccc(OC)c(OS(C)(=O)=O)c1)C(=O)c1cccs1. The van der Waals surface area contributed by atoms with Crippen molar-refractivity contribution in [2.24, 2.45) is 0 Å². The van der Waals surface area contributed by atoms with E-state index in [1.165, 1.54) is 18.4 Å². The third-order valence-electron chi connectivity index (χ3n) is 3.43. The fourth-order valence-electron chi connectivity index (χ4n) is 2.28. The normalized spacial score (nSPS) is 11.2. The number of ether oxygens (including phenoxy) is 2. The lowest BCUT2D eigenvalue weighted by Crippen LogP contribution is -2.33. The number of benzene rings is 1. The van der Waals surface area contributed by atoms with E-state index in [4.69, 9.17) is 13.7 Å². The van der Waals surface area contributed by atoms with E-state index in [9.17, 15) is 13.2 Å². The van der Waals surface area contributed by atoms with Gasteiger partial charge in [0.2, 0.25) is 0 Å². The summed E-state index contributed by atoms with van der Waals surface area (Å²) in [7, 11) is -0.705. The third-order valence-corrected chi connectivity index (χ3v) is 4.77. The number of nitrogens with zero attached hydrogens (tertiary/aromatic N) is 1. The van der Waals surface area contributed by atoms with Gasteiger partial charge in [-0.25, -0.2) is 0 Å². The van der Waals surface area contributed by atoms with E-state index in [0.717, 1.165) is 6.26 Å². The summed E-state index contributed by atoms with van der Waals surface area (Å²) in [6, 6.07) is 8.51. The molecule has 1 aromatic heterocycles. The van der Waals surface area contributed by atoms with Crippen molar-refractivity contribution in [1.82, 2.24) is 4.90 Å². The molecule has 0 saturated heterocycles. The van der Waals surface area contributed by atoms with Gasteiger partial charge in [-0.2, -0.15) is 8.42 Å². The first-order valence-corrected chi connectivity index (χ1v) is 10.4. The minimum absolute atomic E-state index is 0.0859. The van der Waals surface area contributed by atoms with E-state index in [0.29, 0.717) is 29.3 Å². The van der Waals surface area contributed by atoms with Crippen LogP contribution >= 0.6 is 11.3 Å². The molecule has 2 aromatic rings. The lowest BCUT2D eigenvalue weighted by Gasteiger charge is -2.22. The molecule has 0 aliphatic heterocycles. The van der Waals surface area contributed by atoms with Crippen molar-refractivity contribution < 1.29 is 26.9 Å². The van der Waals surface area contributed by atoms with Crippen molar-refractivity contribution in [2.45, 2.75) is 6.54 Å². The number of methoxy groups -OCH3 is 2. The van der Waals surface area contributed by atoms with E-state index in [-0.39, 0.29) is 18.2 Å². The van der Waals surface area contributed by atoms with Gasteiger partial charge in [0.1, 0.15) is 0 Å². The minimum Gasteiger partial charge on any atom is -0.493 e. The Morgan fingerprint density at radius 3 is 2.54 bits per heavy atom. The van der Waals surface area contributed by atoms with E-state index >= 15 is 0 Å². The van der Waals surface area contributed by atoms with E-state index in [2.05, 4.69) is 0 Å². The van der Waals surface area contributed by atoms with Crippen LogP contribution in [0.2, 0.25) is 0 Å². The van der Waals surface area contributed by atoms with Crippen LogP contribution in [0.3, 0.4) is 0 Å². The second kappa shape index (κ2) is 9.02. The molecule has 1 aromatic carbocycles. The van der Waals surface area contributed by atoms with Gasteiger partial charge in [0.15, 0.2) is 11.5 Å². The highest BCUT2D eigenvalue weighted by molar-refractivity contribution is 7.86. The third kappa shape index (κ3) is 5.72. The van der Waals surface area contributed by atoms with Gasteiger partial charge < -0.3 is 18.6 Å². The molecule has 0 bridgehead atoms. The van der Waals surface area contributed by atoms with Crippen molar-refractivity contribution in [3.05, 3.63) is 46.2 Å². The molecule has 0 saturated carbocycles. The molecule has 0 unspecified atom stereocenters. The average Bonchev–Trinajstić information content (AvgIpc) is 3.11. The van der Waals surface area contributed by atoms with Gasteiger partial charge in [-0.3, -0.25) is 4.79 Å². The highest BCUT2D eigenvalue weighted by Crippen LogP contribution is 2.30. The van der Waals surface area contributed by atoms with E-state index in [1.54, 1.807) is 36.3 Å². The molecule has 1 heterocycles. The monoisotopic (exact) mass is 399 g/mol. The Bertz CT molecular complexity index is 833. The Morgan fingerprint density at radius 1 is 1.19 bits per heavy atom. The molecule has 26 heavy (non-hydrogen) atoms. The molecule has 0 aliphatic carbocycles. The predicted octanol–water partition coefficient (Wildman–Crippen LogP) is 2.38. The van der Waals surface area contributed by atoms with Gasteiger partial charge >= 0.3 is 10.1 Å². The number of amides is 1. The highest BCUT2D eigenvalue weighted by atomic mass is 32.2. The Morgan fingerprint density at radius 2 is 1.96 bits per heavy atom. The Balaban J connectivity index is 2.26. The summed E-state index contributed by atoms with van der Waals surface area (Å²) in [6.07, 6.45) is 0.963. The molecule has 9 heteroatoms. The van der Waals surface area contributed by atoms with Crippen LogP contribution in [-0.4, -0.2) is 52.9 Å². The number of rotatable bonds is 9. The van der Waals surface area contributed by atoms with Crippen LogP contribution in [0.15, 0.2) is 35.7 Å². The van der Waals surface area contributed by atoms with Gasteiger partial charge in [-0.05, 0) is 29.1 Å². The number of carbonyl (C=O) groups excluding carboxylic acids is 1. The van der Waals surface area contributed by atoms with Crippen molar-refractivity contribution >= 4 is 27.4 Å². The first-order chi connectivity index (χ1) is 12.3. The summed E-state index contributed by atoms with van der Waals surface area (Å²) in [5, 5.41) is 1.84. The first-order valence-electron chi connectivity index (χ1n) is 7.72. The van der Waals surface area contributed by atoms with Crippen molar-refractivity contribution in [3.63, 3.8) is 0 Å². The maximum Gasteiger partial charge on any atom is 0.306 e. The van der Waals surface area contributed by atoms with Crippen LogP contribution in [-0.2, 0) is 21.4 Å². The van der Waals surface area contributed by atoms with Crippen LogP contribution < -0.4 is 8.92 Å². The number of carbonyl (C=O) groups is 1. The first kappa shape index (κ1) is 20.2. The second-order valence-electron chi connectivity index (χ2n) is 5.47. The molecule has 142 valence electrons. The van der Waals surface area contributed by atoms with Gasteiger partial charge in [0.25, 0.3) is 5.91 Å². The van der Waals surface area contributed by atoms with Gasteiger partial charge in [0, 0.05) is 20.2 Å². The molecule has 0 radical (unpaired) electrons. The average molecular weight is 399 g/mol. The van der Waals surface area contributed by atoms with Crippen molar-refractivity contribution in [1.29, 1.82) is 0 Å². The van der Waals surface area contributed by atoms with Crippen LogP contribution in [0, 0.1) is 0 Å². The fourth-order valence-corrected chi connectivity index (χ4v) is 3.43. The Kier molecular flexibility index (Phi) is 7.01. The maximum atomic E-state index is 12.7. The molecular weight excluding hydrogens is 378 g/mol. The molecular formula is C17H21NO6S2. The molecule has 0 N–H and O–H groups in total. The quantitative estimate of drug-likeness (QED) is 0.602. The molecule has 1 amide bonds. The highest BCUT2D eigenvalue weighted by Gasteiger charge is 2.18. The van der Waals surface area contributed by atoms with Crippen molar-refractivity contribution in [3.8, 4) is 11.5 Å². The molecule has 2 rings (SSSR count). The molecule has 0 aliphatic rings. The Hall–Kier alpha value is -2.10. The topological polar surface area (TPSA) is 82.1 Å². The molecule has 7 nitrogen and oxygen atoms in total. The van der Waals surface area contributed by atoms with Gasteiger partial charge in [-0.1, -0.05) is 12.1 Å². The smallest absolute Gasteiger partial charge is 0.306 e. The lowest BCUT2D eigenvalue weighted by atomic mass is 10.2. The zero-order valence-corrected chi connectivity index (χ0v) is 16.4. The van der Waals surface area contributed by atoms with Gasteiger partial charge in [0.05, 0.1) is 24.8 Å². The lowest BCUT2D eigenvalue weighted by molar-refractivity contribution is 0.0685. The van der Waals surface area contributed by atoms with Crippen LogP contribution in [0.4, 0.5) is 0 Å². The van der Waals surface area contributed by atoms with E-state index < -0.39 is 10.1 Å². The summed E-state index contributed by atoms with van der Waals surface area (Å²) in [4.78, 5) is 14.9. The summed E-state index contributed by atoms with van der Waals surface area (Å²) in [5.41, 5.74) is 0.713. The molecule has 0 fully saturated rings. The predicted molar refractivity (Wildman–Crippen MR) is 99.4 cm³/mol. The summed E-state index contributed by atoms with van der Waals surface area (Å²) in [6.45, 7) is 1.08. The zero-order chi connectivity index (χ0) is 19.2. The summed E-state index contributed by atoms with van der Waals surface area (Å²) < 4.78 is 38.1. The fraction of sp³-hybridized carbons (Fsp3) is 0.353. The largest absolute Gasteiger partial charge is 0.493 e. The number of hydrogen-bond donors (Lipinski definition) is 0. The van der Waals surface area contributed by atoms with Crippen molar-refractivity contribution in [2.75, 3.05) is 33.6 Å². The van der Waals surface area contributed by atoms with Crippen LogP contribution in [0.1, 0.15) is 15.2 Å². The molecule has 0 atom stereocenters. The summed E-state index contributed by atoms with van der Waals surface area (Å²) in [5.74, 6) is 0.272. The second-order valence-corrected chi connectivity index (χ2v) is 7.99. The Labute approximate surface area is 157 Å². The zero-order valence-electron chi connectivity index (χ0n) is 14.8. The standard InChI is InChI=1S/C17H21NO6S2/c1-22-9-8-18(17(19)16-5-4-10-25-16)12-13-6-7-14(23-2)15(11-13)24-26(3,20)21/h4-7,10-11H,8-9,12H2,1-3H3.